The third-order valence-corrected chi connectivity index (χ3v) is 2.54. The number of allylic oxidation sites excluding steroid dienone is 6. The van der Waals surface area contributed by atoms with Crippen LogP contribution < -0.4 is 0 Å². The van der Waals surface area contributed by atoms with E-state index in [1.54, 1.807) is 6.08 Å². The van der Waals surface area contributed by atoms with Crippen molar-refractivity contribution in [3.8, 4) is 0 Å². The molecule has 0 N–H and O–H groups in total. The Bertz CT molecular complexity index is 337. The minimum atomic E-state index is -0.948. The van der Waals surface area contributed by atoms with Crippen LogP contribution in [0, 0.1) is 0 Å². The standard InChI is InChI=1S/C8H14NP.C6H10.Ti/c1-10(2,3)9-8-6-4-5-7-8;1-3-5-6-4-2;/h4-6H,7H2,1-3H3;3,5-6H,1,4H2,2H3;. The summed E-state index contributed by atoms with van der Waals surface area (Å²) in [5, 5.41) is 0. The van der Waals surface area contributed by atoms with Crippen LogP contribution in [0.25, 0.3) is 0 Å². The summed E-state index contributed by atoms with van der Waals surface area (Å²) in [5.74, 6) is 0. The van der Waals surface area contributed by atoms with Crippen LogP contribution >= 0.6 is 7.05 Å². The average molecular weight is 285 g/mol. The molecule has 1 aliphatic carbocycles. The SMILES string of the molecule is C=CC=CCC.CP(C)(C)=NC1=CC=CC1.[Ti]. The molecule has 0 fully saturated rings. The normalized spacial score (nSPS) is 13.5. The zero-order valence-corrected chi connectivity index (χ0v) is 13.9. The zero-order valence-electron chi connectivity index (χ0n) is 11.5. The molecule has 0 atom stereocenters. The van der Waals surface area contributed by atoms with Crippen LogP contribution in [0.4, 0.5) is 0 Å². The van der Waals surface area contributed by atoms with Crippen LogP contribution in [0.1, 0.15) is 19.8 Å². The van der Waals surface area contributed by atoms with Gasteiger partial charge in [0.05, 0.1) is 0 Å². The van der Waals surface area contributed by atoms with Gasteiger partial charge in [-0.05, 0) is 39.5 Å². The van der Waals surface area contributed by atoms with Crippen molar-refractivity contribution in [1.29, 1.82) is 0 Å². The van der Waals surface area contributed by atoms with Crippen molar-refractivity contribution in [2.24, 2.45) is 4.74 Å². The Morgan fingerprint density at radius 2 is 2.06 bits per heavy atom. The van der Waals surface area contributed by atoms with Gasteiger partial charge in [0.15, 0.2) is 0 Å². The first-order chi connectivity index (χ1) is 7.49. The predicted octanol–water partition coefficient (Wildman–Crippen LogP) is 5.06. The second-order valence-electron chi connectivity index (χ2n) is 4.40. The van der Waals surface area contributed by atoms with Gasteiger partial charge in [0, 0.05) is 33.8 Å². The summed E-state index contributed by atoms with van der Waals surface area (Å²) in [4.78, 5) is 0. The van der Waals surface area contributed by atoms with Crippen LogP contribution in [-0.2, 0) is 21.7 Å². The van der Waals surface area contributed by atoms with Gasteiger partial charge in [0.2, 0.25) is 0 Å². The van der Waals surface area contributed by atoms with Crippen molar-refractivity contribution in [2.75, 3.05) is 20.0 Å². The number of rotatable bonds is 3. The van der Waals surface area contributed by atoms with E-state index in [4.69, 9.17) is 0 Å². The van der Waals surface area contributed by atoms with Crippen LogP contribution in [0.3, 0.4) is 0 Å². The van der Waals surface area contributed by atoms with E-state index in [0.29, 0.717) is 0 Å². The molecule has 1 rings (SSSR count). The Morgan fingerprint density at radius 3 is 2.35 bits per heavy atom. The molecule has 0 saturated carbocycles. The van der Waals surface area contributed by atoms with E-state index in [-0.39, 0.29) is 21.7 Å². The molecule has 0 saturated heterocycles. The van der Waals surface area contributed by atoms with Gasteiger partial charge in [-0.15, -0.1) is 0 Å². The van der Waals surface area contributed by atoms with E-state index in [1.807, 2.05) is 6.08 Å². The fourth-order valence-electron chi connectivity index (χ4n) is 1.13. The van der Waals surface area contributed by atoms with Crippen molar-refractivity contribution in [2.45, 2.75) is 19.8 Å². The molecule has 0 aromatic rings. The maximum atomic E-state index is 4.62. The molecule has 0 aromatic heterocycles. The zero-order chi connectivity index (χ0) is 12.4. The average Bonchev–Trinajstić information content (AvgIpc) is 2.65. The first-order valence-corrected chi connectivity index (χ1v) is 8.76. The smallest absolute Gasteiger partial charge is 0.0424 e. The van der Waals surface area contributed by atoms with Crippen molar-refractivity contribution >= 4 is 7.05 Å². The maximum absolute atomic E-state index is 4.62. The van der Waals surface area contributed by atoms with Gasteiger partial charge in [-0.1, -0.05) is 43.9 Å². The molecular formula is C14H24NPTi. The summed E-state index contributed by atoms with van der Waals surface area (Å²) in [7, 11) is -0.948. The van der Waals surface area contributed by atoms with Crippen LogP contribution in [0.5, 0.6) is 0 Å². The van der Waals surface area contributed by atoms with Crippen molar-refractivity contribution in [3.63, 3.8) is 0 Å². The number of nitrogens with zero attached hydrogens (tertiary/aromatic N) is 1. The molecular weight excluding hydrogens is 261 g/mol. The topological polar surface area (TPSA) is 12.4 Å². The van der Waals surface area contributed by atoms with E-state index in [1.165, 1.54) is 5.70 Å². The Morgan fingerprint density at radius 1 is 1.41 bits per heavy atom. The van der Waals surface area contributed by atoms with Gasteiger partial charge < -0.3 is 0 Å². The Labute approximate surface area is 122 Å². The molecule has 0 aliphatic heterocycles. The summed E-state index contributed by atoms with van der Waals surface area (Å²) >= 11 is 0. The third-order valence-electron chi connectivity index (χ3n) is 1.69. The van der Waals surface area contributed by atoms with Gasteiger partial charge in [-0.25, -0.2) is 0 Å². The van der Waals surface area contributed by atoms with Gasteiger partial charge in [0.1, 0.15) is 0 Å². The number of hydrogen-bond acceptors (Lipinski definition) is 1. The summed E-state index contributed by atoms with van der Waals surface area (Å²) in [6.07, 6.45) is 14.3. The van der Waals surface area contributed by atoms with E-state index in [0.717, 1.165) is 12.8 Å². The predicted molar refractivity (Wildman–Crippen MR) is 78.6 cm³/mol. The molecule has 0 bridgehead atoms. The van der Waals surface area contributed by atoms with Crippen LogP contribution in [0.15, 0.2) is 53.5 Å². The molecule has 1 aliphatic rings. The molecule has 0 unspecified atom stereocenters. The molecule has 0 heterocycles. The van der Waals surface area contributed by atoms with E-state index < -0.39 is 7.05 Å². The van der Waals surface area contributed by atoms with Crippen molar-refractivity contribution in [3.05, 3.63) is 48.7 Å². The summed E-state index contributed by atoms with van der Waals surface area (Å²) in [5.41, 5.74) is 1.25. The molecule has 0 radical (unpaired) electrons. The minimum Gasteiger partial charge on any atom is -0.272 e. The van der Waals surface area contributed by atoms with E-state index in [2.05, 4.69) is 62.5 Å². The Balaban J connectivity index is 0. The summed E-state index contributed by atoms with van der Waals surface area (Å²) in [6.45, 7) is 12.3. The second kappa shape index (κ2) is 11.0. The fraction of sp³-hybridized carbons (Fsp3) is 0.429. The first kappa shape index (κ1) is 19.2. The molecule has 0 amide bonds. The summed E-state index contributed by atoms with van der Waals surface area (Å²) < 4.78 is 4.62. The van der Waals surface area contributed by atoms with Crippen molar-refractivity contribution in [1.82, 2.24) is 0 Å². The fourth-order valence-corrected chi connectivity index (χ4v) is 2.05. The van der Waals surface area contributed by atoms with Crippen LogP contribution in [0.2, 0.25) is 0 Å². The van der Waals surface area contributed by atoms with Crippen LogP contribution in [-0.4, -0.2) is 20.0 Å². The molecule has 3 heteroatoms. The van der Waals surface area contributed by atoms with E-state index >= 15 is 0 Å². The molecule has 0 spiro atoms. The molecule has 1 nitrogen and oxygen atoms in total. The van der Waals surface area contributed by atoms with Gasteiger partial charge in [-0.2, -0.15) is 0 Å². The largest absolute Gasteiger partial charge is 0.272 e. The monoisotopic (exact) mass is 285 g/mol. The Hall–Kier alpha value is -0.0957. The van der Waals surface area contributed by atoms with Crippen molar-refractivity contribution < 1.29 is 21.7 Å². The molecule has 17 heavy (non-hydrogen) atoms. The van der Waals surface area contributed by atoms with E-state index in [9.17, 15) is 0 Å². The van der Waals surface area contributed by atoms with Gasteiger partial charge >= 0.3 is 0 Å². The third kappa shape index (κ3) is 13.8. The molecule has 0 aromatic carbocycles. The molecule has 94 valence electrons. The first-order valence-electron chi connectivity index (χ1n) is 5.67. The Kier molecular flexibility index (Phi) is 12.5. The quantitative estimate of drug-likeness (QED) is 0.390. The summed E-state index contributed by atoms with van der Waals surface area (Å²) in [6, 6.07) is 0. The van der Waals surface area contributed by atoms with Gasteiger partial charge in [-0.3, -0.25) is 4.74 Å². The second-order valence-corrected chi connectivity index (χ2v) is 8.49. The van der Waals surface area contributed by atoms with Gasteiger partial charge in [0.25, 0.3) is 0 Å². The number of hydrogen-bond donors (Lipinski definition) is 0. The maximum Gasteiger partial charge on any atom is 0.0424 e. The minimum absolute atomic E-state index is 0.